The van der Waals surface area contributed by atoms with Crippen LogP contribution in [0.4, 0.5) is 0 Å². The van der Waals surface area contributed by atoms with Crippen molar-refractivity contribution in [2.75, 3.05) is 19.8 Å². The van der Waals surface area contributed by atoms with Gasteiger partial charge in [-0.15, -0.1) is 13.2 Å². The largest absolute Gasteiger partial charge is 0.465 e. The van der Waals surface area contributed by atoms with Crippen molar-refractivity contribution in [1.82, 2.24) is 9.80 Å². The molecular weight excluding hydrogens is 484 g/mol. The molecule has 38 heavy (non-hydrogen) atoms. The van der Waals surface area contributed by atoms with E-state index in [2.05, 4.69) is 20.1 Å². The third kappa shape index (κ3) is 5.71. The minimum atomic E-state index is -1.10. The average molecular weight is 533 g/mol. The highest BCUT2D eigenvalue weighted by molar-refractivity contribution is 5.98. The number of aliphatic hydroxyl groups excluding tert-OH is 1. The number of ether oxygens (including phenoxy) is 2. The van der Waals surface area contributed by atoms with Crippen LogP contribution in [-0.2, 0) is 23.9 Å². The van der Waals surface area contributed by atoms with Gasteiger partial charge in [0.15, 0.2) is 0 Å². The zero-order valence-corrected chi connectivity index (χ0v) is 23.8. The highest BCUT2D eigenvalue weighted by Crippen LogP contribution is 2.59. The van der Waals surface area contributed by atoms with Gasteiger partial charge in [0.2, 0.25) is 11.8 Å². The van der Waals surface area contributed by atoms with Crippen molar-refractivity contribution in [1.29, 1.82) is 0 Å². The summed E-state index contributed by atoms with van der Waals surface area (Å²) in [5.41, 5.74) is -1.10. The number of rotatable bonds is 16. The van der Waals surface area contributed by atoms with Gasteiger partial charge < -0.3 is 24.4 Å². The van der Waals surface area contributed by atoms with Crippen molar-refractivity contribution in [3.8, 4) is 0 Å². The zero-order chi connectivity index (χ0) is 28.0. The molecular formula is C30H48N2O6. The summed E-state index contributed by atoms with van der Waals surface area (Å²) in [6, 6.07) is -1.49. The minimum Gasteiger partial charge on any atom is -0.465 e. The number of hydrogen-bond acceptors (Lipinski definition) is 6. The number of fused-ring (bicyclic) bond motifs is 1. The first-order chi connectivity index (χ1) is 18.2. The van der Waals surface area contributed by atoms with Gasteiger partial charge in [0.1, 0.15) is 11.6 Å². The van der Waals surface area contributed by atoms with Gasteiger partial charge >= 0.3 is 5.97 Å². The molecule has 2 bridgehead atoms. The van der Waals surface area contributed by atoms with Gasteiger partial charge in [-0.05, 0) is 57.8 Å². The summed E-state index contributed by atoms with van der Waals surface area (Å²) in [6.07, 6.45) is 8.94. The van der Waals surface area contributed by atoms with Crippen molar-refractivity contribution >= 4 is 17.8 Å². The van der Waals surface area contributed by atoms with E-state index < -0.39 is 41.6 Å². The Bertz CT molecular complexity index is 875. The molecule has 1 N–H and O–H groups in total. The molecule has 3 heterocycles. The molecule has 0 aromatic heterocycles. The summed E-state index contributed by atoms with van der Waals surface area (Å²) in [7, 11) is 0. The molecule has 3 fully saturated rings. The van der Waals surface area contributed by atoms with Gasteiger partial charge in [-0.1, -0.05) is 39.3 Å². The molecule has 8 nitrogen and oxygen atoms in total. The van der Waals surface area contributed by atoms with Crippen LogP contribution >= 0.6 is 0 Å². The van der Waals surface area contributed by atoms with E-state index in [1.165, 1.54) is 0 Å². The Morgan fingerprint density at radius 1 is 1.26 bits per heavy atom. The Balaban J connectivity index is 1.98. The van der Waals surface area contributed by atoms with E-state index >= 15 is 0 Å². The van der Waals surface area contributed by atoms with Crippen molar-refractivity contribution in [2.45, 2.75) is 109 Å². The molecule has 1 spiro atoms. The van der Waals surface area contributed by atoms with E-state index in [0.29, 0.717) is 25.8 Å². The fourth-order valence-corrected chi connectivity index (χ4v) is 6.87. The summed E-state index contributed by atoms with van der Waals surface area (Å²) in [5.74, 6) is -2.22. The molecule has 214 valence electrons. The van der Waals surface area contributed by atoms with E-state index in [1.807, 2.05) is 26.8 Å². The first-order valence-electron chi connectivity index (χ1n) is 14.5. The number of likely N-dealkylation sites (tertiary alicyclic amines) is 1. The Morgan fingerprint density at radius 2 is 2.00 bits per heavy atom. The van der Waals surface area contributed by atoms with Crippen LogP contribution in [0, 0.1) is 17.8 Å². The third-order valence-electron chi connectivity index (χ3n) is 8.49. The molecule has 8 heteroatoms. The highest BCUT2D eigenvalue weighted by Gasteiger charge is 2.75. The van der Waals surface area contributed by atoms with Gasteiger partial charge in [0.25, 0.3) is 0 Å². The number of amides is 2. The maximum absolute atomic E-state index is 14.4. The lowest BCUT2D eigenvalue weighted by Crippen LogP contribution is -2.60. The highest BCUT2D eigenvalue weighted by atomic mass is 16.6. The molecule has 3 rings (SSSR count). The quantitative estimate of drug-likeness (QED) is 0.184. The molecule has 0 aromatic carbocycles. The van der Waals surface area contributed by atoms with Crippen LogP contribution in [0.2, 0.25) is 0 Å². The normalized spacial score (nSPS) is 29.3. The monoisotopic (exact) mass is 532 g/mol. The van der Waals surface area contributed by atoms with Crippen molar-refractivity contribution in [2.24, 2.45) is 17.8 Å². The van der Waals surface area contributed by atoms with E-state index in [9.17, 15) is 19.5 Å². The maximum Gasteiger partial charge on any atom is 0.312 e. The molecule has 0 saturated carbocycles. The number of hydrogen-bond donors (Lipinski definition) is 1. The number of carbonyl (C=O) groups is 3. The Kier molecular flexibility index (Phi) is 10.6. The van der Waals surface area contributed by atoms with Crippen molar-refractivity contribution in [3.05, 3.63) is 25.3 Å². The van der Waals surface area contributed by atoms with Gasteiger partial charge in [-0.25, -0.2) is 0 Å². The van der Waals surface area contributed by atoms with Crippen LogP contribution in [0.1, 0.15) is 79.1 Å². The summed E-state index contributed by atoms with van der Waals surface area (Å²) < 4.78 is 12.2. The van der Waals surface area contributed by atoms with Crippen LogP contribution in [0.25, 0.3) is 0 Å². The van der Waals surface area contributed by atoms with Crippen LogP contribution in [0.15, 0.2) is 25.3 Å². The van der Waals surface area contributed by atoms with Crippen molar-refractivity contribution in [3.63, 3.8) is 0 Å². The fourth-order valence-electron chi connectivity index (χ4n) is 6.87. The molecule has 2 amide bonds. The van der Waals surface area contributed by atoms with Gasteiger partial charge in [-0.3, -0.25) is 14.4 Å². The molecule has 3 aliphatic rings. The van der Waals surface area contributed by atoms with Gasteiger partial charge in [-0.2, -0.15) is 0 Å². The topological polar surface area (TPSA) is 96.4 Å². The number of carbonyl (C=O) groups excluding carboxylic acids is 3. The van der Waals surface area contributed by atoms with Crippen molar-refractivity contribution < 1.29 is 29.0 Å². The molecule has 0 aromatic rings. The van der Waals surface area contributed by atoms with Crippen LogP contribution in [0.3, 0.4) is 0 Å². The maximum atomic E-state index is 14.4. The standard InChI is InChI=1S/C30H48N2O6/c1-7-10-11-12-17-37-29(36)24-23-14-15-30(38-23)25(24)27(34)32(22(19-33)18-20(4)5)26(30)28(35)31(16-9-3)21(6)13-8-2/h7,9,20-26,33H,1,3,8,10-19H2,2,4-6H3/t21?,22-,23+,24-,25+,26?,30?/m1/s1. The van der Waals surface area contributed by atoms with E-state index in [-0.39, 0.29) is 37.0 Å². The fraction of sp³-hybridized carbons (Fsp3) is 0.767. The second kappa shape index (κ2) is 13.2. The predicted octanol–water partition coefficient (Wildman–Crippen LogP) is 3.87. The molecule has 0 radical (unpaired) electrons. The summed E-state index contributed by atoms with van der Waals surface area (Å²) in [5, 5.41) is 10.4. The lowest BCUT2D eigenvalue weighted by molar-refractivity contribution is -0.157. The van der Waals surface area contributed by atoms with E-state index in [4.69, 9.17) is 9.47 Å². The van der Waals surface area contributed by atoms with E-state index in [1.54, 1.807) is 15.9 Å². The Labute approximate surface area is 228 Å². The SMILES string of the molecule is C=CCCCCOC(=O)[C@@H]1[C@@H]2CCC3(O2)C(C(=O)N(CC=C)C(C)CCC)N([C@@H](CO)CC(C)C)C(=O)[C@H]13. The number of esters is 1. The minimum absolute atomic E-state index is 0.0505. The number of aliphatic hydroxyl groups is 1. The predicted molar refractivity (Wildman–Crippen MR) is 146 cm³/mol. The molecule has 3 unspecified atom stereocenters. The molecule has 7 atom stereocenters. The first-order valence-corrected chi connectivity index (χ1v) is 14.5. The van der Waals surface area contributed by atoms with Gasteiger partial charge in [0, 0.05) is 12.6 Å². The summed E-state index contributed by atoms with van der Waals surface area (Å²) in [4.78, 5) is 45.3. The lowest BCUT2D eigenvalue weighted by atomic mass is 9.70. The Hall–Kier alpha value is -2.19. The smallest absolute Gasteiger partial charge is 0.312 e. The molecule has 3 aliphatic heterocycles. The number of unbranched alkanes of at least 4 members (excludes halogenated alkanes) is 2. The van der Waals surface area contributed by atoms with E-state index in [0.717, 1.165) is 32.1 Å². The number of nitrogens with zero attached hydrogens (tertiary/aromatic N) is 2. The van der Waals surface area contributed by atoms with Crippen LogP contribution < -0.4 is 0 Å². The number of allylic oxidation sites excluding steroid dienone is 1. The summed E-state index contributed by atoms with van der Waals surface area (Å²) in [6.45, 7) is 16.1. The molecule has 0 aliphatic carbocycles. The average Bonchev–Trinajstić information content (AvgIpc) is 3.52. The second-order valence-corrected chi connectivity index (χ2v) is 11.6. The zero-order valence-electron chi connectivity index (χ0n) is 23.8. The van der Waals surface area contributed by atoms with Crippen LogP contribution in [0.5, 0.6) is 0 Å². The Morgan fingerprint density at radius 3 is 2.61 bits per heavy atom. The molecule has 3 saturated heterocycles. The van der Waals surface area contributed by atoms with Crippen LogP contribution in [-0.4, -0.2) is 82.3 Å². The third-order valence-corrected chi connectivity index (χ3v) is 8.49. The first kappa shape index (κ1) is 30.4. The van der Waals surface area contributed by atoms with Gasteiger partial charge in [0.05, 0.1) is 37.2 Å². The lowest BCUT2D eigenvalue weighted by Gasteiger charge is -2.41. The summed E-state index contributed by atoms with van der Waals surface area (Å²) >= 11 is 0. The second-order valence-electron chi connectivity index (χ2n) is 11.6.